The first kappa shape index (κ1) is 22.2. The molecule has 149 valence electrons. The number of nitrogens with two attached hydrogens (primary N) is 1. The van der Waals surface area contributed by atoms with Crippen molar-refractivity contribution < 1.29 is 14.9 Å². The third-order valence-corrected chi connectivity index (χ3v) is 6.35. The Morgan fingerprint density at radius 2 is 2.15 bits per heavy atom. The molecule has 3 unspecified atom stereocenters. The second kappa shape index (κ2) is 9.42. The number of benzene rings is 1. The van der Waals surface area contributed by atoms with Crippen molar-refractivity contribution in [3.63, 3.8) is 0 Å². The third kappa shape index (κ3) is 4.68. The number of halogens is 1. The number of fused-ring (bicyclic) bond motifs is 1. The van der Waals surface area contributed by atoms with Gasteiger partial charge < -0.3 is 15.9 Å². The summed E-state index contributed by atoms with van der Waals surface area (Å²) in [6.45, 7) is 1.61. The highest BCUT2D eigenvalue weighted by Crippen LogP contribution is 2.41. The van der Waals surface area contributed by atoms with Gasteiger partial charge in [0.25, 0.3) is 7.48 Å². The number of hydrogen-bond acceptors (Lipinski definition) is 4. The summed E-state index contributed by atoms with van der Waals surface area (Å²) in [6.07, 6.45) is 5.39. The van der Waals surface area contributed by atoms with Crippen molar-refractivity contribution in [1.29, 1.82) is 0 Å². The van der Waals surface area contributed by atoms with E-state index >= 15 is 0 Å². The van der Waals surface area contributed by atoms with E-state index < -0.39 is 11.5 Å². The number of carboxylic acid groups (broad SMARTS) is 1. The van der Waals surface area contributed by atoms with Gasteiger partial charge in [0.05, 0.1) is 0 Å². The van der Waals surface area contributed by atoms with E-state index in [4.69, 9.17) is 22.4 Å². The van der Waals surface area contributed by atoms with Crippen LogP contribution >= 0.6 is 11.6 Å². The van der Waals surface area contributed by atoms with Crippen LogP contribution in [0.15, 0.2) is 18.2 Å². The average molecular weight is 394 g/mol. The minimum atomic E-state index is -1.19. The van der Waals surface area contributed by atoms with E-state index in [1.807, 2.05) is 12.1 Å². The van der Waals surface area contributed by atoms with Gasteiger partial charge in [0.15, 0.2) is 0 Å². The Kier molecular flexibility index (Phi) is 7.75. The van der Waals surface area contributed by atoms with Gasteiger partial charge in [-0.25, -0.2) is 0 Å². The van der Waals surface area contributed by atoms with Gasteiger partial charge in [0, 0.05) is 23.5 Å². The molecule has 2 aliphatic rings. The van der Waals surface area contributed by atoms with Crippen molar-refractivity contribution in [2.45, 2.75) is 63.9 Å². The molecule has 1 aromatic carbocycles. The summed E-state index contributed by atoms with van der Waals surface area (Å²) in [5.41, 5.74) is 7.83. The van der Waals surface area contributed by atoms with Crippen LogP contribution in [-0.4, -0.2) is 47.1 Å². The Balaban J connectivity index is 0.00000261. The molecule has 27 heavy (non-hydrogen) atoms. The molecule has 1 radical (unpaired) electrons. The summed E-state index contributed by atoms with van der Waals surface area (Å²) < 4.78 is 0. The zero-order valence-electron chi connectivity index (χ0n) is 15.0. The van der Waals surface area contributed by atoms with Gasteiger partial charge in [0.1, 0.15) is 5.54 Å². The molecule has 1 heterocycles. The largest absolute Gasteiger partial charge is 0.480 e. The average Bonchev–Trinajstić information content (AvgIpc) is 3.24. The van der Waals surface area contributed by atoms with E-state index in [0.29, 0.717) is 25.2 Å². The first-order valence-electron chi connectivity index (χ1n) is 9.46. The first-order valence-corrected chi connectivity index (χ1v) is 9.84. The SMILES string of the molecule is C.NC(CCCC[B]O)(C(=O)O)C1CCN(C2CCc3cc(Cl)ccc32)C1. The Bertz CT molecular complexity index is 660. The van der Waals surface area contributed by atoms with Gasteiger partial charge in [-0.15, -0.1) is 0 Å². The Labute approximate surface area is 168 Å². The van der Waals surface area contributed by atoms with Crippen LogP contribution in [0.25, 0.3) is 0 Å². The van der Waals surface area contributed by atoms with Crippen LogP contribution in [0.4, 0.5) is 0 Å². The molecule has 1 aliphatic heterocycles. The standard InChI is InChI=1S/C19H27BClN2O3.CH4/c21-15-4-5-16-13(11-15)3-6-17(16)23-10-7-14(12-23)19(22,18(24)25)8-1-2-9-20-26;/h4-5,11,14,17,26H,1-3,6-10,12,22H2,(H,24,25);1H4. The second-order valence-electron chi connectivity index (χ2n) is 7.65. The lowest BCUT2D eigenvalue weighted by Gasteiger charge is -2.32. The van der Waals surface area contributed by atoms with Crippen molar-refractivity contribution in [3.05, 3.63) is 34.3 Å². The molecule has 0 aromatic heterocycles. The van der Waals surface area contributed by atoms with Gasteiger partial charge in [0.2, 0.25) is 0 Å². The highest BCUT2D eigenvalue weighted by atomic mass is 35.5. The van der Waals surface area contributed by atoms with Crippen LogP contribution < -0.4 is 5.73 Å². The molecule has 5 nitrogen and oxygen atoms in total. The normalized spacial score (nSPS) is 24.1. The highest BCUT2D eigenvalue weighted by molar-refractivity contribution is 6.30. The third-order valence-electron chi connectivity index (χ3n) is 6.11. The lowest BCUT2D eigenvalue weighted by molar-refractivity contribution is -0.146. The van der Waals surface area contributed by atoms with Crippen molar-refractivity contribution in [1.82, 2.24) is 4.90 Å². The first-order chi connectivity index (χ1) is 12.5. The van der Waals surface area contributed by atoms with Crippen LogP contribution in [0.1, 0.15) is 56.7 Å². The van der Waals surface area contributed by atoms with E-state index in [2.05, 4.69) is 11.0 Å². The molecule has 1 saturated heterocycles. The van der Waals surface area contributed by atoms with Crippen LogP contribution in [0.3, 0.4) is 0 Å². The summed E-state index contributed by atoms with van der Waals surface area (Å²) in [5.74, 6) is -0.953. The molecule has 0 spiro atoms. The number of carbonyl (C=O) groups is 1. The lowest BCUT2D eigenvalue weighted by Crippen LogP contribution is -2.55. The number of likely N-dealkylation sites (tertiary alicyclic amines) is 1. The maximum absolute atomic E-state index is 11.9. The van der Waals surface area contributed by atoms with Gasteiger partial charge >= 0.3 is 5.97 Å². The van der Waals surface area contributed by atoms with E-state index in [-0.39, 0.29) is 13.3 Å². The number of rotatable bonds is 8. The van der Waals surface area contributed by atoms with Crippen LogP contribution in [0.5, 0.6) is 0 Å². The summed E-state index contributed by atoms with van der Waals surface area (Å²) in [6, 6.07) is 6.44. The van der Waals surface area contributed by atoms with Crippen LogP contribution in [0.2, 0.25) is 11.3 Å². The molecular formula is C20H31BClN2O3. The van der Waals surface area contributed by atoms with Crippen molar-refractivity contribution in [2.24, 2.45) is 11.7 Å². The lowest BCUT2D eigenvalue weighted by atomic mass is 9.79. The minimum absolute atomic E-state index is 0. The fraction of sp³-hybridized carbons (Fsp3) is 0.650. The van der Waals surface area contributed by atoms with Crippen LogP contribution in [-0.2, 0) is 11.2 Å². The molecule has 7 heteroatoms. The maximum Gasteiger partial charge on any atom is 0.324 e. The number of aliphatic carboxylic acids is 1. The maximum atomic E-state index is 11.9. The van der Waals surface area contributed by atoms with Gasteiger partial charge in [-0.3, -0.25) is 9.69 Å². The van der Waals surface area contributed by atoms with Crippen molar-refractivity contribution in [2.75, 3.05) is 13.1 Å². The predicted molar refractivity (Wildman–Crippen MR) is 110 cm³/mol. The molecular weight excluding hydrogens is 362 g/mol. The van der Waals surface area contributed by atoms with E-state index in [9.17, 15) is 9.90 Å². The molecule has 1 fully saturated rings. The second-order valence-corrected chi connectivity index (χ2v) is 8.09. The van der Waals surface area contributed by atoms with Gasteiger partial charge in [-0.2, -0.15) is 0 Å². The summed E-state index contributed by atoms with van der Waals surface area (Å²) in [4.78, 5) is 14.3. The Morgan fingerprint density at radius 3 is 2.85 bits per heavy atom. The van der Waals surface area contributed by atoms with E-state index in [1.54, 1.807) is 0 Å². The zero-order chi connectivity index (χ0) is 18.7. The number of aryl methyl sites for hydroxylation is 1. The highest BCUT2D eigenvalue weighted by Gasteiger charge is 2.46. The molecule has 3 atom stereocenters. The molecule has 1 aromatic rings. The van der Waals surface area contributed by atoms with E-state index in [0.717, 1.165) is 51.3 Å². The number of carboxylic acids is 1. The predicted octanol–water partition coefficient (Wildman–Crippen LogP) is 3.27. The Hall–Kier alpha value is -1.08. The van der Waals surface area contributed by atoms with Crippen LogP contribution in [0, 0.1) is 5.92 Å². The summed E-state index contributed by atoms with van der Waals surface area (Å²) >= 11 is 6.11. The van der Waals surface area contributed by atoms with Crippen molar-refractivity contribution >= 4 is 25.1 Å². The fourth-order valence-corrected chi connectivity index (χ4v) is 4.77. The molecule has 0 amide bonds. The minimum Gasteiger partial charge on any atom is -0.480 e. The number of hydrogen-bond donors (Lipinski definition) is 3. The molecule has 4 N–H and O–H groups in total. The Morgan fingerprint density at radius 1 is 1.37 bits per heavy atom. The number of nitrogens with zero attached hydrogens (tertiary/aromatic N) is 1. The monoisotopic (exact) mass is 393 g/mol. The smallest absolute Gasteiger partial charge is 0.324 e. The molecule has 0 bridgehead atoms. The molecule has 3 rings (SSSR count). The molecule has 0 saturated carbocycles. The zero-order valence-corrected chi connectivity index (χ0v) is 15.8. The quantitative estimate of drug-likeness (QED) is 0.466. The van der Waals surface area contributed by atoms with Gasteiger partial charge in [-0.1, -0.05) is 44.3 Å². The topological polar surface area (TPSA) is 86.8 Å². The van der Waals surface area contributed by atoms with Gasteiger partial charge in [-0.05, 0) is 55.5 Å². The summed E-state index contributed by atoms with van der Waals surface area (Å²) in [5, 5.41) is 19.3. The van der Waals surface area contributed by atoms with Crippen molar-refractivity contribution in [3.8, 4) is 0 Å². The summed E-state index contributed by atoms with van der Waals surface area (Å²) in [7, 11) is 1.13. The van der Waals surface area contributed by atoms with E-state index in [1.165, 1.54) is 11.1 Å². The number of unbranched alkanes of at least 4 members (excludes halogenated alkanes) is 1. The molecule has 1 aliphatic carbocycles. The fourth-order valence-electron chi connectivity index (χ4n) is 4.57.